The molecule has 0 spiro atoms. The number of hydrogen-bond acceptors (Lipinski definition) is 3. The van der Waals surface area contributed by atoms with Crippen molar-refractivity contribution in [1.29, 1.82) is 0 Å². The number of carbonyl (C=O) groups excluding carboxylic acids is 1. The summed E-state index contributed by atoms with van der Waals surface area (Å²) in [5.74, 6) is 0.999. The van der Waals surface area contributed by atoms with Gasteiger partial charge in [-0.1, -0.05) is 66.7 Å². The van der Waals surface area contributed by atoms with E-state index in [2.05, 4.69) is 10.2 Å². The highest BCUT2D eigenvalue weighted by Gasteiger charge is 2.32. The molecule has 5 nitrogen and oxygen atoms in total. The molecule has 0 aliphatic carbocycles. The SMILES string of the molecule is O=C(C(c1ccccc1)c1ccccc1)N1CCC[C@H](c2nnc3ccccn23)C1. The van der Waals surface area contributed by atoms with Crippen LogP contribution in [0.1, 0.15) is 41.6 Å². The second kappa shape index (κ2) is 8.11. The standard InChI is InChI=1S/C25H24N4O/c30-25(23(19-10-3-1-4-11-19)20-12-5-2-6-13-20)28-16-9-14-21(18-28)24-27-26-22-15-7-8-17-29(22)24/h1-8,10-13,15,17,21,23H,9,14,16,18H2/t21-/m0/s1. The van der Waals surface area contributed by atoms with E-state index in [1.807, 2.05) is 94.4 Å². The summed E-state index contributed by atoms with van der Waals surface area (Å²) >= 11 is 0. The molecule has 1 fully saturated rings. The lowest BCUT2D eigenvalue weighted by Crippen LogP contribution is -2.42. The molecule has 1 aliphatic heterocycles. The van der Waals surface area contributed by atoms with Crippen LogP contribution in [-0.2, 0) is 4.79 Å². The normalized spacial score (nSPS) is 16.8. The third kappa shape index (κ3) is 3.47. The minimum absolute atomic E-state index is 0.158. The van der Waals surface area contributed by atoms with Crippen molar-refractivity contribution in [1.82, 2.24) is 19.5 Å². The summed E-state index contributed by atoms with van der Waals surface area (Å²) in [4.78, 5) is 15.8. The van der Waals surface area contributed by atoms with Gasteiger partial charge in [0.25, 0.3) is 0 Å². The fourth-order valence-corrected chi connectivity index (χ4v) is 4.48. The molecule has 2 aromatic carbocycles. The van der Waals surface area contributed by atoms with Crippen LogP contribution >= 0.6 is 0 Å². The second-order valence-corrected chi connectivity index (χ2v) is 7.86. The number of pyridine rings is 1. The van der Waals surface area contributed by atoms with Crippen LogP contribution in [0.15, 0.2) is 85.1 Å². The highest BCUT2D eigenvalue weighted by molar-refractivity contribution is 5.87. The van der Waals surface area contributed by atoms with Gasteiger partial charge in [-0.05, 0) is 36.1 Å². The first-order valence-corrected chi connectivity index (χ1v) is 10.5. The lowest BCUT2D eigenvalue weighted by Gasteiger charge is -2.34. The Hall–Kier alpha value is -3.47. The van der Waals surface area contributed by atoms with Crippen LogP contribution in [0, 0.1) is 0 Å². The summed E-state index contributed by atoms with van der Waals surface area (Å²) in [6, 6.07) is 26.1. The number of rotatable bonds is 4. The molecular weight excluding hydrogens is 372 g/mol. The predicted molar refractivity (Wildman–Crippen MR) is 116 cm³/mol. The molecule has 0 radical (unpaired) electrons. The zero-order valence-electron chi connectivity index (χ0n) is 16.8. The molecule has 2 aromatic heterocycles. The molecule has 5 rings (SSSR count). The second-order valence-electron chi connectivity index (χ2n) is 7.86. The molecule has 0 N–H and O–H groups in total. The van der Waals surface area contributed by atoms with Gasteiger partial charge in [0.15, 0.2) is 5.65 Å². The first-order chi connectivity index (χ1) is 14.8. The van der Waals surface area contributed by atoms with Crippen molar-refractivity contribution in [2.24, 2.45) is 0 Å². The fourth-order valence-electron chi connectivity index (χ4n) is 4.48. The number of hydrogen-bond donors (Lipinski definition) is 0. The van der Waals surface area contributed by atoms with Crippen LogP contribution in [0.4, 0.5) is 0 Å². The number of likely N-dealkylation sites (tertiary alicyclic amines) is 1. The van der Waals surface area contributed by atoms with E-state index < -0.39 is 0 Å². The van der Waals surface area contributed by atoms with Crippen LogP contribution in [0.3, 0.4) is 0 Å². The highest BCUT2D eigenvalue weighted by Crippen LogP contribution is 2.31. The molecule has 4 aromatic rings. The van der Waals surface area contributed by atoms with Crippen molar-refractivity contribution in [3.05, 3.63) is 102 Å². The van der Waals surface area contributed by atoms with Crippen LogP contribution in [0.5, 0.6) is 0 Å². The number of carbonyl (C=O) groups is 1. The summed E-state index contributed by atoms with van der Waals surface area (Å²) < 4.78 is 2.05. The number of piperidine rings is 1. The molecule has 1 saturated heterocycles. The smallest absolute Gasteiger partial charge is 0.234 e. The average Bonchev–Trinajstić information content (AvgIpc) is 3.25. The fraction of sp³-hybridized carbons (Fsp3) is 0.240. The van der Waals surface area contributed by atoms with Gasteiger partial charge in [0, 0.05) is 25.2 Å². The van der Waals surface area contributed by atoms with E-state index in [1.165, 1.54) is 0 Å². The lowest BCUT2D eigenvalue weighted by molar-refractivity contribution is -0.133. The van der Waals surface area contributed by atoms with Crippen molar-refractivity contribution in [2.75, 3.05) is 13.1 Å². The largest absolute Gasteiger partial charge is 0.341 e. The Balaban J connectivity index is 1.45. The quantitative estimate of drug-likeness (QED) is 0.518. The Bertz CT molecular complexity index is 1100. The molecule has 3 heterocycles. The van der Waals surface area contributed by atoms with Gasteiger partial charge >= 0.3 is 0 Å². The third-order valence-corrected chi connectivity index (χ3v) is 5.95. The van der Waals surface area contributed by atoms with Gasteiger partial charge < -0.3 is 4.90 Å². The minimum Gasteiger partial charge on any atom is -0.341 e. The van der Waals surface area contributed by atoms with Crippen molar-refractivity contribution >= 4 is 11.6 Å². The van der Waals surface area contributed by atoms with E-state index >= 15 is 0 Å². The molecular formula is C25H24N4O. The van der Waals surface area contributed by atoms with Crippen molar-refractivity contribution in [3.8, 4) is 0 Å². The van der Waals surface area contributed by atoms with Crippen LogP contribution in [0.2, 0.25) is 0 Å². The molecule has 0 saturated carbocycles. The topological polar surface area (TPSA) is 50.5 Å². The maximum Gasteiger partial charge on any atom is 0.234 e. The Kier molecular flexibility index (Phi) is 5.01. The van der Waals surface area contributed by atoms with Crippen LogP contribution in [-0.4, -0.2) is 38.5 Å². The van der Waals surface area contributed by atoms with Gasteiger partial charge in [-0.15, -0.1) is 10.2 Å². The summed E-state index contributed by atoms with van der Waals surface area (Å²) in [5, 5.41) is 8.75. The molecule has 150 valence electrons. The van der Waals surface area contributed by atoms with E-state index in [0.717, 1.165) is 42.0 Å². The van der Waals surface area contributed by atoms with E-state index in [-0.39, 0.29) is 17.7 Å². The number of benzene rings is 2. The van der Waals surface area contributed by atoms with Gasteiger partial charge in [0.2, 0.25) is 5.91 Å². The molecule has 30 heavy (non-hydrogen) atoms. The zero-order chi connectivity index (χ0) is 20.3. The maximum absolute atomic E-state index is 13.8. The first-order valence-electron chi connectivity index (χ1n) is 10.5. The van der Waals surface area contributed by atoms with Gasteiger partial charge in [0.05, 0.1) is 5.92 Å². The van der Waals surface area contributed by atoms with Crippen molar-refractivity contribution in [3.63, 3.8) is 0 Å². The highest BCUT2D eigenvalue weighted by atomic mass is 16.2. The Morgan fingerprint density at radius 3 is 2.23 bits per heavy atom. The molecule has 1 atom stereocenters. The molecule has 1 amide bonds. The molecule has 1 aliphatic rings. The van der Waals surface area contributed by atoms with E-state index in [1.54, 1.807) is 0 Å². The maximum atomic E-state index is 13.8. The number of fused-ring (bicyclic) bond motifs is 1. The van der Waals surface area contributed by atoms with Gasteiger partial charge in [-0.3, -0.25) is 9.20 Å². The molecule has 0 unspecified atom stereocenters. The Morgan fingerprint density at radius 2 is 1.53 bits per heavy atom. The number of amides is 1. The number of aromatic nitrogens is 3. The summed E-state index contributed by atoms with van der Waals surface area (Å²) in [5.41, 5.74) is 2.91. The van der Waals surface area contributed by atoms with Crippen LogP contribution in [0.25, 0.3) is 5.65 Å². The summed E-state index contributed by atoms with van der Waals surface area (Å²) in [6.45, 7) is 1.45. The van der Waals surface area contributed by atoms with E-state index in [9.17, 15) is 4.79 Å². The van der Waals surface area contributed by atoms with Crippen molar-refractivity contribution < 1.29 is 4.79 Å². The van der Waals surface area contributed by atoms with Crippen LogP contribution < -0.4 is 0 Å². The lowest BCUT2D eigenvalue weighted by atomic mass is 9.88. The zero-order valence-corrected chi connectivity index (χ0v) is 16.8. The average molecular weight is 396 g/mol. The minimum atomic E-state index is -0.290. The Labute approximate surface area is 176 Å². The number of nitrogens with zero attached hydrogens (tertiary/aromatic N) is 4. The molecule has 5 heteroatoms. The van der Waals surface area contributed by atoms with E-state index in [4.69, 9.17) is 0 Å². The van der Waals surface area contributed by atoms with Gasteiger partial charge in [-0.25, -0.2) is 0 Å². The predicted octanol–water partition coefficient (Wildman–Crippen LogP) is 4.27. The first kappa shape index (κ1) is 18.6. The van der Waals surface area contributed by atoms with Gasteiger partial charge in [-0.2, -0.15) is 0 Å². The molecule has 0 bridgehead atoms. The summed E-state index contributed by atoms with van der Waals surface area (Å²) in [7, 11) is 0. The van der Waals surface area contributed by atoms with E-state index in [0.29, 0.717) is 6.54 Å². The van der Waals surface area contributed by atoms with Gasteiger partial charge in [0.1, 0.15) is 5.82 Å². The monoisotopic (exact) mass is 396 g/mol. The van der Waals surface area contributed by atoms with Crippen molar-refractivity contribution in [2.45, 2.75) is 24.7 Å². The third-order valence-electron chi connectivity index (χ3n) is 5.95. The Morgan fingerprint density at radius 1 is 0.867 bits per heavy atom. The summed E-state index contributed by atoms with van der Waals surface area (Å²) in [6.07, 6.45) is 3.98.